The van der Waals surface area contributed by atoms with Gasteiger partial charge in [0.25, 0.3) is 0 Å². The van der Waals surface area contributed by atoms with Crippen molar-refractivity contribution in [2.45, 2.75) is 31.4 Å². The van der Waals surface area contributed by atoms with Gasteiger partial charge in [-0.1, -0.05) is 6.92 Å². The summed E-state index contributed by atoms with van der Waals surface area (Å²) < 4.78 is 32.1. The minimum absolute atomic E-state index is 0.00356. The Kier molecular flexibility index (Phi) is 5.03. The lowest BCUT2D eigenvalue weighted by atomic mass is 10.2. The summed E-state index contributed by atoms with van der Waals surface area (Å²) in [6, 6.07) is 3.30. The number of furan rings is 1. The van der Waals surface area contributed by atoms with Gasteiger partial charge in [0.2, 0.25) is 10.0 Å². The van der Waals surface area contributed by atoms with Crippen LogP contribution in [0.3, 0.4) is 0 Å². The summed E-state index contributed by atoms with van der Waals surface area (Å²) in [5.41, 5.74) is 1.14. The minimum atomic E-state index is -3.68. The van der Waals surface area contributed by atoms with Crippen LogP contribution in [0.25, 0.3) is 0 Å². The van der Waals surface area contributed by atoms with Crippen LogP contribution in [0.1, 0.15) is 23.1 Å². The monoisotopic (exact) mass is 379 g/mol. The highest BCUT2D eigenvalue weighted by atomic mass is 79.9. The van der Waals surface area contributed by atoms with E-state index >= 15 is 0 Å². The molecule has 8 heteroatoms. The zero-order valence-electron chi connectivity index (χ0n) is 10.7. The number of aryl methyl sites for hydroxylation is 1. The highest BCUT2D eigenvalue weighted by Gasteiger charge is 2.22. The standard InChI is InChI=1S/C12H14BrNO4S2/c1-2-8-3-4-19-10(8)6-14-20(16,17)11-5-9(7-15)18-12(11)13/h3-5,14-15H,2,6-7H2,1H3. The lowest BCUT2D eigenvalue weighted by molar-refractivity contribution is 0.245. The number of sulfonamides is 1. The first-order valence-corrected chi connectivity index (χ1v) is 9.07. The third-order valence-corrected chi connectivity index (χ3v) is 6.01. The number of rotatable bonds is 6. The first kappa shape index (κ1) is 15.7. The van der Waals surface area contributed by atoms with E-state index in [-0.39, 0.29) is 28.5 Å². The molecule has 0 spiro atoms. The Bertz CT molecular complexity index is 690. The van der Waals surface area contributed by atoms with E-state index < -0.39 is 10.0 Å². The zero-order chi connectivity index (χ0) is 14.8. The molecule has 2 heterocycles. The highest BCUT2D eigenvalue weighted by molar-refractivity contribution is 9.10. The van der Waals surface area contributed by atoms with E-state index in [9.17, 15) is 8.42 Å². The summed E-state index contributed by atoms with van der Waals surface area (Å²) in [5.74, 6) is 0.197. The molecule has 2 rings (SSSR count). The molecular weight excluding hydrogens is 366 g/mol. The number of aliphatic hydroxyl groups excluding tert-OH is 1. The predicted molar refractivity (Wildman–Crippen MR) is 80.1 cm³/mol. The average molecular weight is 380 g/mol. The van der Waals surface area contributed by atoms with Crippen LogP contribution >= 0.6 is 27.3 Å². The van der Waals surface area contributed by atoms with E-state index in [0.717, 1.165) is 16.9 Å². The lowest BCUT2D eigenvalue weighted by Gasteiger charge is -2.05. The number of hydrogen-bond acceptors (Lipinski definition) is 5. The number of hydrogen-bond donors (Lipinski definition) is 2. The van der Waals surface area contributed by atoms with Gasteiger partial charge in [0.05, 0.1) is 0 Å². The van der Waals surface area contributed by atoms with Crippen molar-refractivity contribution in [2.24, 2.45) is 0 Å². The van der Waals surface area contributed by atoms with Crippen molar-refractivity contribution in [3.63, 3.8) is 0 Å². The van der Waals surface area contributed by atoms with E-state index in [0.29, 0.717) is 0 Å². The van der Waals surface area contributed by atoms with Gasteiger partial charge in [-0.2, -0.15) is 0 Å². The zero-order valence-corrected chi connectivity index (χ0v) is 13.9. The van der Waals surface area contributed by atoms with Crippen LogP contribution in [0, 0.1) is 0 Å². The second-order valence-electron chi connectivity index (χ2n) is 4.06. The fraction of sp³-hybridized carbons (Fsp3) is 0.333. The summed E-state index contributed by atoms with van der Waals surface area (Å²) in [6.45, 7) is 1.93. The Morgan fingerprint density at radius 3 is 2.85 bits per heavy atom. The van der Waals surface area contributed by atoms with Gasteiger partial charge in [-0.15, -0.1) is 11.3 Å². The van der Waals surface area contributed by atoms with Crippen molar-refractivity contribution >= 4 is 37.3 Å². The van der Waals surface area contributed by atoms with Gasteiger partial charge in [-0.05, 0) is 39.4 Å². The van der Waals surface area contributed by atoms with Crippen LogP contribution in [-0.4, -0.2) is 13.5 Å². The third kappa shape index (κ3) is 3.32. The van der Waals surface area contributed by atoms with Crippen molar-refractivity contribution in [3.05, 3.63) is 38.4 Å². The third-order valence-electron chi connectivity index (χ3n) is 2.79. The van der Waals surface area contributed by atoms with Crippen LogP contribution in [-0.2, 0) is 29.6 Å². The SMILES string of the molecule is CCc1ccsc1CNS(=O)(=O)c1cc(CO)oc1Br. The Morgan fingerprint density at radius 1 is 1.50 bits per heavy atom. The first-order valence-electron chi connectivity index (χ1n) is 5.92. The molecule has 110 valence electrons. The summed E-state index contributed by atoms with van der Waals surface area (Å²) in [5, 5.41) is 10.9. The largest absolute Gasteiger partial charge is 0.450 e. The minimum Gasteiger partial charge on any atom is -0.450 e. The lowest BCUT2D eigenvalue weighted by Crippen LogP contribution is -2.23. The molecule has 2 aromatic heterocycles. The molecule has 2 aromatic rings. The van der Waals surface area contributed by atoms with E-state index in [1.54, 1.807) is 0 Å². The maximum atomic E-state index is 12.2. The Hall–Kier alpha value is -0.670. The molecule has 0 saturated heterocycles. The molecule has 0 fully saturated rings. The fourth-order valence-corrected chi connectivity index (χ4v) is 4.73. The smallest absolute Gasteiger partial charge is 0.245 e. The van der Waals surface area contributed by atoms with Crippen LogP contribution in [0.5, 0.6) is 0 Å². The normalized spacial score (nSPS) is 11.9. The van der Waals surface area contributed by atoms with E-state index in [2.05, 4.69) is 20.7 Å². The van der Waals surface area contributed by atoms with Crippen LogP contribution in [0.15, 0.2) is 31.5 Å². The average Bonchev–Trinajstić information content (AvgIpc) is 3.02. The van der Waals surface area contributed by atoms with E-state index in [1.807, 2.05) is 18.4 Å². The maximum absolute atomic E-state index is 12.2. The number of thiophene rings is 1. The van der Waals surface area contributed by atoms with Crippen LogP contribution < -0.4 is 4.72 Å². The molecule has 20 heavy (non-hydrogen) atoms. The van der Waals surface area contributed by atoms with Gasteiger partial charge in [-0.3, -0.25) is 0 Å². The quantitative estimate of drug-likeness (QED) is 0.808. The molecule has 0 radical (unpaired) electrons. The molecule has 0 saturated carbocycles. The molecule has 0 unspecified atom stereocenters. The van der Waals surface area contributed by atoms with Gasteiger partial charge in [0.15, 0.2) is 4.67 Å². The molecule has 0 bridgehead atoms. The number of halogens is 1. The number of nitrogens with one attached hydrogen (secondary N) is 1. The van der Waals surface area contributed by atoms with Crippen molar-refractivity contribution in [1.29, 1.82) is 0 Å². The summed E-state index contributed by atoms with van der Waals surface area (Å²) in [4.78, 5) is 0.995. The first-order chi connectivity index (χ1) is 9.47. The Labute approximate surface area is 129 Å². The van der Waals surface area contributed by atoms with Gasteiger partial charge in [0, 0.05) is 17.5 Å². The van der Waals surface area contributed by atoms with E-state index in [4.69, 9.17) is 9.52 Å². The summed E-state index contributed by atoms with van der Waals surface area (Å²) >= 11 is 4.57. The van der Waals surface area contributed by atoms with Crippen molar-refractivity contribution in [3.8, 4) is 0 Å². The van der Waals surface area contributed by atoms with Crippen LogP contribution in [0.2, 0.25) is 0 Å². The second kappa shape index (κ2) is 6.40. The maximum Gasteiger partial charge on any atom is 0.245 e. The molecule has 0 aliphatic heterocycles. The van der Waals surface area contributed by atoms with Crippen molar-refractivity contribution < 1.29 is 17.9 Å². The van der Waals surface area contributed by atoms with E-state index in [1.165, 1.54) is 17.4 Å². The molecule has 0 aliphatic carbocycles. The van der Waals surface area contributed by atoms with Crippen molar-refractivity contribution in [1.82, 2.24) is 4.72 Å². The molecule has 2 N–H and O–H groups in total. The molecule has 0 aromatic carbocycles. The molecule has 0 atom stereocenters. The van der Waals surface area contributed by atoms with Crippen LogP contribution in [0.4, 0.5) is 0 Å². The molecule has 0 aliphatic rings. The molecular formula is C12H14BrNO4S2. The summed E-state index contributed by atoms with van der Waals surface area (Å²) in [7, 11) is -3.68. The highest BCUT2D eigenvalue weighted by Crippen LogP contribution is 2.26. The fourth-order valence-electron chi connectivity index (χ4n) is 1.73. The second-order valence-corrected chi connectivity index (χ2v) is 7.51. The predicted octanol–water partition coefficient (Wildman–Crippen LogP) is 2.64. The number of aliphatic hydroxyl groups is 1. The van der Waals surface area contributed by atoms with Crippen molar-refractivity contribution in [2.75, 3.05) is 0 Å². The van der Waals surface area contributed by atoms with Gasteiger partial charge in [0.1, 0.15) is 17.3 Å². The topological polar surface area (TPSA) is 79.5 Å². The van der Waals surface area contributed by atoms with Gasteiger partial charge >= 0.3 is 0 Å². The summed E-state index contributed by atoms with van der Waals surface area (Å²) in [6.07, 6.45) is 0.866. The van der Waals surface area contributed by atoms with Gasteiger partial charge in [-0.25, -0.2) is 13.1 Å². The van der Waals surface area contributed by atoms with Gasteiger partial charge < -0.3 is 9.52 Å². The molecule has 5 nitrogen and oxygen atoms in total. The molecule has 0 amide bonds. The Morgan fingerprint density at radius 2 is 2.25 bits per heavy atom. The Balaban J connectivity index is 2.17.